The first-order chi connectivity index (χ1) is 15.2. The Hall–Kier alpha value is -2.47. The lowest BCUT2D eigenvalue weighted by molar-refractivity contribution is -0.138. The van der Waals surface area contributed by atoms with Crippen molar-refractivity contribution >= 4 is 32.9 Å². The maximum absolute atomic E-state index is 13.4. The van der Waals surface area contributed by atoms with E-state index in [0.717, 1.165) is 15.2 Å². The summed E-state index contributed by atoms with van der Waals surface area (Å²) in [5, 5.41) is 10.3. The van der Waals surface area contributed by atoms with Gasteiger partial charge >= 0.3 is 0 Å². The number of aromatic nitrogens is 1. The van der Waals surface area contributed by atoms with Crippen LogP contribution in [0.4, 0.5) is 0 Å². The van der Waals surface area contributed by atoms with Crippen LogP contribution in [-0.4, -0.2) is 82.7 Å². The summed E-state index contributed by atoms with van der Waals surface area (Å²) in [6.45, 7) is 4.21. The average molecular weight is 464 g/mol. The van der Waals surface area contributed by atoms with Crippen molar-refractivity contribution in [3.63, 3.8) is 0 Å². The Balaban J connectivity index is 1.49. The molecule has 4 rings (SSSR count). The molecule has 1 aromatic carbocycles. The lowest BCUT2D eigenvalue weighted by Gasteiger charge is -2.42. The van der Waals surface area contributed by atoms with Crippen molar-refractivity contribution < 1.29 is 23.2 Å². The molecule has 2 aliphatic heterocycles. The van der Waals surface area contributed by atoms with E-state index >= 15 is 0 Å². The third kappa shape index (κ3) is 4.13. The highest BCUT2D eigenvalue weighted by Gasteiger charge is 2.43. The minimum absolute atomic E-state index is 0.00171. The zero-order chi connectivity index (χ0) is 23.0. The molecule has 32 heavy (non-hydrogen) atoms. The lowest BCUT2D eigenvalue weighted by Crippen LogP contribution is -2.63. The third-order valence-corrected chi connectivity index (χ3v) is 8.62. The fraction of sp³-hybridized carbons (Fsp3) is 0.524. The summed E-state index contributed by atoms with van der Waals surface area (Å²) < 4.78 is 29.3. The summed E-state index contributed by atoms with van der Waals surface area (Å²) in [6, 6.07) is 5.11. The van der Waals surface area contributed by atoms with Gasteiger partial charge in [0.15, 0.2) is 0 Å². The van der Waals surface area contributed by atoms with Gasteiger partial charge in [-0.1, -0.05) is 12.1 Å². The summed E-state index contributed by atoms with van der Waals surface area (Å²) in [4.78, 5) is 28.7. The zero-order valence-electron chi connectivity index (χ0n) is 18.2. The van der Waals surface area contributed by atoms with E-state index in [-0.39, 0.29) is 31.5 Å². The number of aromatic amines is 1. The number of hydroxylamine groups is 1. The highest BCUT2D eigenvalue weighted by atomic mass is 32.2. The van der Waals surface area contributed by atoms with Crippen LogP contribution in [0.2, 0.25) is 0 Å². The topological polar surface area (TPSA) is 126 Å². The van der Waals surface area contributed by atoms with Crippen molar-refractivity contribution in [2.75, 3.05) is 32.7 Å². The molecule has 3 heterocycles. The molecule has 0 radical (unpaired) electrons. The van der Waals surface area contributed by atoms with Crippen LogP contribution >= 0.6 is 0 Å². The second-order valence-electron chi connectivity index (χ2n) is 8.54. The molecule has 0 spiro atoms. The van der Waals surface area contributed by atoms with Crippen molar-refractivity contribution in [2.45, 2.75) is 38.6 Å². The molecular formula is C21H29N5O5S. The van der Waals surface area contributed by atoms with Crippen molar-refractivity contribution in [2.24, 2.45) is 0 Å². The van der Waals surface area contributed by atoms with Gasteiger partial charge in [0.1, 0.15) is 6.04 Å². The molecule has 1 aromatic heterocycles. The number of piperidine rings is 1. The summed E-state index contributed by atoms with van der Waals surface area (Å²) in [6.07, 6.45) is 3.36. The van der Waals surface area contributed by atoms with Crippen LogP contribution in [0.3, 0.4) is 0 Å². The number of piperazine rings is 1. The average Bonchev–Trinajstić information content (AvgIpc) is 3.21. The molecule has 0 saturated carbocycles. The first-order valence-corrected chi connectivity index (χ1v) is 12.2. The molecule has 0 bridgehead atoms. The number of aryl methyl sites for hydroxylation is 1. The number of carbonyl (C=O) groups excluding carboxylic acids is 2. The van der Waals surface area contributed by atoms with Crippen LogP contribution in [0, 0.1) is 6.92 Å². The number of fused-ring (bicyclic) bond motifs is 1. The van der Waals surface area contributed by atoms with E-state index in [2.05, 4.69) is 23.2 Å². The van der Waals surface area contributed by atoms with Crippen molar-refractivity contribution in [3.05, 3.63) is 35.5 Å². The second kappa shape index (κ2) is 8.81. The van der Waals surface area contributed by atoms with E-state index in [1.54, 1.807) is 5.48 Å². The first kappa shape index (κ1) is 22.7. The van der Waals surface area contributed by atoms with Gasteiger partial charge in [0, 0.05) is 56.7 Å². The molecule has 2 saturated heterocycles. The fourth-order valence-electron chi connectivity index (χ4n) is 4.76. The molecule has 11 heteroatoms. The number of rotatable bonds is 4. The van der Waals surface area contributed by atoms with E-state index in [1.807, 2.05) is 13.1 Å². The molecule has 0 aliphatic carbocycles. The monoisotopic (exact) mass is 463 g/mol. The molecule has 2 amide bonds. The largest absolute Gasteiger partial charge is 0.361 e. The van der Waals surface area contributed by atoms with E-state index in [4.69, 9.17) is 5.21 Å². The maximum Gasteiger partial charge on any atom is 0.282 e. The molecule has 3 N–H and O–H groups in total. The van der Waals surface area contributed by atoms with Crippen LogP contribution < -0.4 is 5.48 Å². The molecule has 2 aromatic rings. The van der Waals surface area contributed by atoms with Gasteiger partial charge in [-0.15, -0.1) is 0 Å². The molecule has 174 valence electrons. The van der Waals surface area contributed by atoms with Gasteiger partial charge in [-0.2, -0.15) is 17.0 Å². The number of nitrogens with zero attached hydrogens (tertiary/aromatic N) is 3. The number of hydrogen-bond acceptors (Lipinski definition) is 5. The van der Waals surface area contributed by atoms with Gasteiger partial charge in [0.05, 0.1) is 0 Å². The maximum atomic E-state index is 13.4. The molecule has 10 nitrogen and oxygen atoms in total. The molecule has 2 aliphatic rings. The van der Waals surface area contributed by atoms with Crippen molar-refractivity contribution in [1.29, 1.82) is 0 Å². The minimum atomic E-state index is -3.93. The minimum Gasteiger partial charge on any atom is -0.361 e. The van der Waals surface area contributed by atoms with Crippen LogP contribution in [0.5, 0.6) is 0 Å². The van der Waals surface area contributed by atoms with Crippen LogP contribution in [0.15, 0.2) is 24.4 Å². The number of amides is 2. The van der Waals surface area contributed by atoms with E-state index in [1.165, 1.54) is 27.3 Å². The number of hydrogen-bond donors (Lipinski definition) is 3. The van der Waals surface area contributed by atoms with Gasteiger partial charge in [-0.3, -0.25) is 14.8 Å². The Bertz CT molecular complexity index is 1120. The van der Waals surface area contributed by atoms with Gasteiger partial charge in [0.25, 0.3) is 16.1 Å². The quantitative estimate of drug-likeness (QED) is 0.460. The van der Waals surface area contributed by atoms with Crippen LogP contribution in [-0.2, 0) is 19.8 Å². The summed E-state index contributed by atoms with van der Waals surface area (Å²) in [7, 11) is -3.93. The predicted molar refractivity (Wildman–Crippen MR) is 118 cm³/mol. The molecule has 1 atom stereocenters. The van der Waals surface area contributed by atoms with Crippen LogP contribution in [0.1, 0.15) is 36.8 Å². The second-order valence-corrected chi connectivity index (χ2v) is 10.4. The normalized spacial score (nSPS) is 21.7. The van der Waals surface area contributed by atoms with Gasteiger partial charge in [-0.05, 0) is 42.9 Å². The lowest BCUT2D eigenvalue weighted by atomic mass is 9.90. The first-order valence-electron chi connectivity index (χ1n) is 10.8. The van der Waals surface area contributed by atoms with E-state index in [0.29, 0.717) is 25.9 Å². The highest BCUT2D eigenvalue weighted by Crippen LogP contribution is 2.35. The number of benzene rings is 1. The number of H-pyrrole nitrogens is 1. The molecule has 2 fully saturated rings. The van der Waals surface area contributed by atoms with Gasteiger partial charge in [0.2, 0.25) is 5.91 Å². The molecular weight excluding hydrogens is 434 g/mol. The smallest absolute Gasteiger partial charge is 0.282 e. The fourth-order valence-corrected chi connectivity index (χ4v) is 6.53. The van der Waals surface area contributed by atoms with Crippen molar-refractivity contribution in [1.82, 2.24) is 24.0 Å². The Morgan fingerprint density at radius 1 is 1.16 bits per heavy atom. The third-order valence-electron chi connectivity index (χ3n) is 6.58. The number of carbonyl (C=O) groups is 2. The number of nitrogens with one attached hydrogen (secondary N) is 2. The van der Waals surface area contributed by atoms with Crippen molar-refractivity contribution in [3.8, 4) is 0 Å². The summed E-state index contributed by atoms with van der Waals surface area (Å²) >= 11 is 0. The van der Waals surface area contributed by atoms with Gasteiger partial charge in [-0.25, -0.2) is 5.48 Å². The summed E-state index contributed by atoms with van der Waals surface area (Å²) in [5.41, 5.74) is 5.00. The van der Waals surface area contributed by atoms with E-state index < -0.39 is 22.2 Å². The predicted octanol–water partition coefficient (Wildman–Crippen LogP) is 0.939. The van der Waals surface area contributed by atoms with Gasteiger partial charge < -0.3 is 9.88 Å². The Morgan fingerprint density at radius 3 is 2.53 bits per heavy atom. The van der Waals surface area contributed by atoms with Crippen LogP contribution in [0.25, 0.3) is 10.9 Å². The Kier molecular flexibility index (Phi) is 6.26. The zero-order valence-corrected chi connectivity index (χ0v) is 19.1. The Morgan fingerprint density at radius 2 is 1.88 bits per heavy atom. The molecule has 1 unspecified atom stereocenters. The van der Waals surface area contributed by atoms with E-state index in [9.17, 15) is 18.0 Å². The Labute approximate surface area is 187 Å². The summed E-state index contributed by atoms with van der Waals surface area (Å²) in [5.74, 6) is -0.847. The standard InChI is InChI=1S/C21H29N5O5S/c1-14-3-4-17-18(12-22-19(17)11-14)16-5-7-25(8-6-16)32(30,31)26-10-9-24(15(2)27)13-20(26)21(28)23-29/h3-4,11-12,16,20,22,29H,5-10,13H2,1-2H3,(H,23,28). The highest BCUT2D eigenvalue weighted by molar-refractivity contribution is 7.86. The SMILES string of the molecule is CC(=O)N1CCN(S(=O)(=O)N2CCC(c3c[nH]c4cc(C)ccc34)CC2)C(C(=O)NO)C1.